The molecular formula is C11H16O6. The van der Waals surface area contributed by atoms with Crippen molar-refractivity contribution in [1.29, 1.82) is 0 Å². The predicted molar refractivity (Wildman–Crippen MR) is 53.9 cm³/mol. The summed E-state index contributed by atoms with van der Waals surface area (Å²) in [6.07, 6.45) is 5.99. The highest BCUT2D eigenvalue weighted by Crippen LogP contribution is 2.37. The van der Waals surface area contributed by atoms with E-state index in [0.29, 0.717) is 19.1 Å². The second-order valence-electron chi connectivity index (χ2n) is 4.46. The van der Waals surface area contributed by atoms with Gasteiger partial charge in [-0.15, -0.1) is 0 Å². The molecule has 3 unspecified atom stereocenters. The van der Waals surface area contributed by atoms with Crippen molar-refractivity contribution in [3.8, 4) is 0 Å². The van der Waals surface area contributed by atoms with Crippen molar-refractivity contribution in [3.05, 3.63) is 11.6 Å². The summed E-state index contributed by atoms with van der Waals surface area (Å²) < 4.78 is 0. The molecule has 0 aromatic rings. The van der Waals surface area contributed by atoms with Crippen molar-refractivity contribution in [1.82, 2.24) is 0 Å². The summed E-state index contributed by atoms with van der Waals surface area (Å²) >= 11 is 0. The van der Waals surface area contributed by atoms with E-state index in [1.165, 1.54) is 5.57 Å². The van der Waals surface area contributed by atoms with Crippen LogP contribution in [0.4, 0.5) is 0 Å². The summed E-state index contributed by atoms with van der Waals surface area (Å²) in [5.41, 5.74) is 1.24. The Kier molecular flexibility index (Phi) is 3.70. The molecule has 0 aromatic heterocycles. The second-order valence-corrected chi connectivity index (χ2v) is 4.46. The Morgan fingerprint density at radius 3 is 2.47 bits per heavy atom. The lowest BCUT2D eigenvalue weighted by Crippen LogP contribution is -2.34. The number of rotatable bonds is 2. The van der Waals surface area contributed by atoms with E-state index in [-0.39, 0.29) is 12.2 Å². The zero-order valence-electron chi connectivity index (χ0n) is 9.50. The molecule has 6 nitrogen and oxygen atoms in total. The zero-order chi connectivity index (χ0) is 11.5. The van der Waals surface area contributed by atoms with Gasteiger partial charge in [-0.2, -0.15) is 4.89 Å². The van der Waals surface area contributed by atoms with Crippen LogP contribution in [0.3, 0.4) is 0 Å². The van der Waals surface area contributed by atoms with Gasteiger partial charge in [-0.05, 0) is 18.4 Å². The molecular weight excluding hydrogens is 228 g/mol. The molecule has 0 bridgehead atoms. The molecule has 0 amide bonds. The second kappa shape index (κ2) is 5.43. The third-order valence-corrected chi connectivity index (χ3v) is 3.47. The van der Waals surface area contributed by atoms with E-state index in [4.69, 9.17) is 19.6 Å². The summed E-state index contributed by atoms with van der Waals surface area (Å²) in [5.74, 6) is 0.325. The first-order valence-electron chi connectivity index (χ1n) is 6.05. The van der Waals surface area contributed by atoms with Gasteiger partial charge in [-0.3, -0.25) is 0 Å². The monoisotopic (exact) mass is 244 g/mol. The van der Waals surface area contributed by atoms with Gasteiger partial charge >= 0.3 is 0 Å². The van der Waals surface area contributed by atoms with E-state index in [9.17, 15) is 0 Å². The van der Waals surface area contributed by atoms with Crippen LogP contribution in [0.15, 0.2) is 11.6 Å². The largest absolute Gasteiger partial charge is 0.206 e. The lowest BCUT2D eigenvalue weighted by Gasteiger charge is -2.31. The highest BCUT2D eigenvalue weighted by molar-refractivity contribution is 5.19. The quantitative estimate of drug-likeness (QED) is 0.543. The molecule has 0 aromatic carbocycles. The van der Waals surface area contributed by atoms with Crippen LogP contribution in [0.25, 0.3) is 0 Å². The van der Waals surface area contributed by atoms with Crippen molar-refractivity contribution in [2.45, 2.75) is 37.9 Å². The molecule has 0 spiro atoms. The summed E-state index contributed by atoms with van der Waals surface area (Å²) in [6, 6.07) is 0. The van der Waals surface area contributed by atoms with Gasteiger partial charge in [0.15, 0.2) is 0 Å². The van der Waals surface area contributed by atoms with Gasteiger partial charge in [0.05, 0.1) is 13.2 Å². The maximum atomic E-state index is 5.19. The van der Waals surface area contributed by atoms with Gasteiger partial charge in [0.2, 0.25) is 0 Å². The Labute approximate surface area is 99.1 Å². The minimum absolute atomic E-state index is 0.0253. The molecule has 3 rings (SSSR count). The zero-order valence-corrected chi connectivity index (χ0v) is 9.50. The van der Waals surface area contributed by atoms with E-state index in [2.05, 4.69) is 16.2 Å². The molecule has 0 saturated carbocycles. The SMILES string of the molecule is C1=C(C2CCOOO2)C(C2CCOOO2)CC1. The maximum Gasteiger partial charge on any atom is 0.120 e. The third kappa shape index (κ3) is 2.52. The van der Waals surface area contributed by atoms with Crippen molar-refractivity contribution in [2.24, 2.45) is 5.92 Å². The van der Waals surface area contributed by atoms with E-state index >= 15 is 0 Å². The van der Waals surface area contributed by atoms with Crippen LogP contribution in [0, 0.1) is 5.92 Å². The minimum atomic E-state index is -0.0253. The van der Waals surface area contributed by atoms with Crippen LogP contribution in [0.5, 0.6) is 0 Å². The molecule has 1 aliphatic carbocycles. The highest BCUT2D eigenvalue weighted by Gasteiger charge is 2.36. The van der Waals surface area contributed by atoms with Gasteiger partial charge < -0.3 is 0 Å². The minimum Gasteiger partial charge on any atom is -0.206 e. The summed E-state index contributed by atoms with van der Waals surface area (Å²) in [5, 5.41) is 9.20. The smallest absolute Gasteiger partial charge is 0.120 e. The summed E-state index contributed by atoms with van der Waals surface area (Å²) in [7, 11) is 0. The fourth-order valence-electron chi connectivity index (χ4n) is 2.65. The molecule has 96 valence electrons. The Morgan fingerprint density at radius 2 is 1.76 bits per heavy atom. The fraction of sp³-hybridized carbons (Fsp3) is 0.818. The fourth-order valence-corrected chi connectivity index (χ4v) is 2.65. The predicted octanol–water partition coefficient (Wildman–Crippen LogP) is 1.63. The molecule has 0 N–H and O–H groups in total. The first kappa shape index (κ1) is 11.6. The van der Waals surface area contributed by atoms with Crippen LogP contribution in [-0.2, 0) is 29.6 Å². The van der Waals surface area contributed by atoms with E-state index < -0.39 is 0 Å². The Balaban J connectivity index is 1.65. The van der Waals surface area contributed by atoms with Crippen LogP contribution in [0.1, 0.15) is 25.7 Å². The van der Waals surface area contributed by atoms with Crippen molar-refractivity contribution in [3.63, 3.8) is 0 Å². The molecule has 2 aliphatic heterocycles. The van der Waals surface area contributed by atoms with Crippen LogP contribution in [0.2, 0.25) is 0 Å². The lowest BCUT2D eigenvalue weighted by atomic mass is 9.89. The Bertz CT molecular complexity index is 280. The lowest BCUT2D eigenvalue weighted by molar-refractivity contribution is -0.554. The van der Waals surface area contributed by atoms with Gasteiger partial charge in [-0.1, -0.05) is 16.2 Å². The third-order valence-electron chi connectivity index (χ3n) is 3.47. The van der Waals surface area contributed by atoms with Crippen molar-refractivity contribution in [2.75, 3.05) is 13.2 Å². The van der Waals surface area contributed by atoms with Crippen molar-refractivity contribution < 1.29 is 29.6 Å². The van der Waals surface area contributed by atoms with Gasteiger partial charge in [0.1, 0.15) is 12.2 Å². The van der Waals surface area contributed by atoms with Crippen molar-refractivity contribution >= 4 is 0 Å². The summed E-state index contributed by atoms with van der Waals surface area (Å²) in [6.45, 7) is 1.12. The van der Waals surface area contributed by atoms with Gasteiger partial charge in [0, 0.05) is 18.8 Å². The molecule has 0 radical (unpaired) electrons. The molecule has 3 atom stereocenters. The van der Waals surface area contributed by atoms with E-state index in [1.807, 2.05) is 0 Å². The normalized spacial score (nSPS) is 39.1. The molecule has 6 heteroatoms. The average molecular weight is 244 g/mol. The standard InChI is InChI=1S/C11H16O6/c1-2-8(10-4-6-12-16-14-10)9(3-1)11-5-7-13-17-15-11/h2,9-11H,1,3-7H2. The molecule has 2 saturated heterocycles. The molecule has 3 aliphatic rings. The number of hydrogen-bond acceptors (Lipinski definition) is 6. The number of allylic oxidation sites excluding steroid dienone is 1. The van der Waals surface area contributed by atoms with Gasteiger partial charge in [0.25, 0.3) is 0 Å². The average Bonchev–Trinajstić information content (AvgIpc) is 2.90. The molecule has 2 fully saturated rings. The maximum absolute atomic E-state index is 5.19. The van der Waals surface area contributed by atoms with Crippen LogP contribution in [-0.4, -0.2) is 25.4 Å². The van der Waals surface area contributed by atoms with E-state index in [0.717, 1.165) is 25.7 Å². The summed E-state index contributed by atoms with van der Waals surface area (Å²) in [4.78, 5) is 19.8. The Hall–Kier alpha value is -0.500. The first-order chi connectivity index (χ1) is 8.45. The molecule has 2 heterocycles. The van der Waals surface area contributed by atoms with E-state index in [1.54, 1.807) is 0 Å². The Morgan fingerprint density at radius 1 is 0.941 bits per heavy atom. The number of hydrogen-bond donors (Lipinski definition) is 0. The van der Waals surface area contributed by atoms with Crippen LogP contribution < -0.4 is 0 Å². The highest BCUT2D eigenvalue weighted by atomic mass is 17.5. The topological polar surface area (TPSA) is 55.4 Å². The first-order valence-corrected chi connectivity index (χ1v) is 6.05. The van der Waals surface area contributed by atoms with Gasteiger partial charge in [-0.25, -0.2) is 14.7 Å². The molecule has 17 heavy (non-hydrogen) atoms. The van der Waals surface area contributed by atoms with Crippen LogP contribution >= 0.6 is 0 Å².